The Labute approximate surface area is 238 Å². The molecule has 0 unspecified atom stereocenters. The van der Waals surface area contributed by atoms with Gasteiger partial charge in [-0.2, -0.15) is 0 Å². The molecule has 0 bridgehead atoms. The van der Waals surface area contributed by atoms with Crippen LogP contribution < -0.4 is 21.3 Å². The number of carbonyl (C=O) groups is 3. The molecule has 0 spiro atoms. The van der Waals surface area contributed by atoms with Crippen molar-refractivity contribution < 1.29 is 23.9 Å². The van der Waals surface area contributed by atoms with Crippen LogP contribution in [0, 0.1) is 17.7 Å². The van der Waals surface area contributed by atoms with Crippen LogP contribution in [0.15, 0.2) is 72.8 Å². The number of amides is 2. The smallest absolute Gasteiger partial charge is 0.251 e. The van der Waals surface area contributed by atoms with Gasteiger partial charge in [0, 0.05) is 60.8 Å². The molecule has 1 heterocycles. The lowest BCUT2D eigenvalue weighted by atomic mass is 10.1. The molecule has 0 radical (unpaired) electrons. The van der Waals surface area contributed by atoms with Gasteiger partial charge in [-0.3, -0.25) is 19.3 Å². The molecule has 1 atom stereocenters. The van der Waals surface area contributed by atoms with Gasteiger partial charge in [-0.15, -0.1) is 0 Å². The van der Waals surface area contributed by atoms with Crippen LogP contribution in [-0.4, -0.2) is 79.5 Å². The number of hydrogen-bond acceptors (Lipinski definition) is 7. The quantitative estimate of drug-likeness (QED) is 0.294. The van der Waals surface area contributed by atoms with Crippen LogP contribution in [0.1, 0.15) is 21.5 Å². The highest BCUT2D eigenvalue weighted by Gasteiger charge is 2.20. The summed E-state index contributed by atoms with van der Waals surface area (Å²) in [5.41, 5.74) is 8.95. The van der Waals surface area contributed by atoms with Gasteiger partial charge < -0.3 is 26.4 Å². The molecule has 1 fully saturated rings. The number of aliphatic hydroxyl groups excluding tert-OH is 1. The summed E-state index contributed by atoms with van der Waals surface area (Å²) in [5, 5.41) is 14.4. The molecule has 9 nitrogen and oxygen atoms in total. The Bertz CT molecular complexity index is 1410. The van der Waals surface area contributed by atoms with Crippen molar-refractivity contribution >= 4 is 29.0 Å². The summed E-state index contributed by atoms with van der Waals surface area (Å²) in [6.07, 6.45) is 0. The third-order valence-electron chi connectivity index (χ3n) is 6.68. The first-order valence-electron chi connectivity index (χ1n) is 13.2. The molecule has 1 aliphatic heterocycles. The molecule has 0 saturated carbocycles. The van der Waals surface area contributed by atoms with Crippen molar-refractivity contribution in [2.24, 2.45) is 5.73 Å². The fourth-order valence-electron chi connectivity index (χ4n) is 4.33. The number of nitrogens with two attached hydrogens (primary N) is 1. The van der Waals surface area contributed by atoms with E-state index in [4.69, 9.17) is 10.8 Å². The normalized spacial score (nSPS) is 14.0. The number of ketones is 1. The van der Waals surface area contributed by atoms with Crippen LogP contribution in [0.3, 0.4) is 0 Å². The number of halogens is 1. The van der Waals surface area contributed by atoms with Crippen molar-refractivity contribution in [2.45, 2.75) is 6.04 Å². The Balaban J connectivity index is 1.24. The van der Waals surface area contributed by atoms with E-state index in [2.05, 4.69) is 32.3 Å². The van der Waals surface area contributed by atoms with Crippen LogP contribution in [0.2, 0.25) is 0 Å². The molecule has 3 aromatic carbocycles. The van der Waals surface area contributed by atoms with Crippen LogP contribution >= 0.6 is 0 Å². The molecule has 2 amide bonds. The van der Waals surface area contributed by atoms with Gasteiger partial charge in [0.05, 0.1) is 6.54 Å². The molecule has 4 rings (SSSR count). The van der Waals surface area contributed by atoms with E-state index >= 15 is 0 Å². The first-order valence-corrected chi connectivity index (χ1v) is 13.2. The minimum atomic E-state index is -0.940. The van der Waals surface area contributed by atoms with Gasteiger partial charge in [-0.1, -0.05) is 11.8 Å². The maximum Gasteiger partial charge on any atom is 0.251 e. The Morgan fingerprint density at radius 3 is 2.02 bits per heavy atom. The monoisotopic (exact) mass is 557 g/mol. The van der Waals surface area contributed by atoms with Gasteiger partial charge in [-0.25, -0.2) is 4.39 Å². The Hall–Kier alpha value is -4.56. The number of Topliss-reactive ketones (excluding diaryl/α,β-unsaturated/α-hetero) is 1. The number of nitrogens with one attached hydrogen (secondary N) is 2. The minimum Gasteiger partial charge on any atom is -0.388 e. The summed E-state index contributed by atoms with van der Waals surface area (Å²) in [6, 6.07) is 19.3. The van der Waals surface area contributed by atoms with Crippen LogP contribution in [0.4, 0.5) is 15.8 Å². The SMILES string of the molecule is NC[C@H](NC(=O)c1ccc(C#Cc2ccc(NC(=O)CN3CCN(c4ccc(F)cc4)CC3)cc2)cc1)C(=O)CO. The Morgan fingerprint density at radius 2 is 1.46 bits per heavy atom. The maximum atomic E-state index is 13.2. The Morgan fingerprint density at radius 1 is 0.878 bits per heavy atom. The van der Waals surface area contributed by atoms with E-state index in [9.17, 15) is 18.8 Å². The molecular weight excluding hydrogens is 525 g/mol. The molecule has 10 heteroatoms. The number of hydrogen-bond donors (Lipinski definition) is 4. The Kier molecular flexibility index (Phi) is 10.2. The van der Waals surface area contributed by atoms with E-state index in [0.29, 0.717) is 16.8 Å². The predicted octanol–water partition coefficient (Wildman–Crippen LogP) is 1.60. The molecule has 0 aromatic heterocycles. The first-order chi connectivity index (χ1) is 19.8. The average Bonchev–Trinajstić information content (AvgIpc) is 3.00. The highest BCUT2D eigenvalue weighted by Crippen LogP contribution is 2.17. The molecule has 3 aromatic rings. The second-order valence-corrected chi connectivity index (χ2v) is 9.58. The van der Waals surface area contributed by atoms with E-state index in [-0.39, 0.29) is 24.8 Å². The number of benzene rings is 3. The number of nitrogens with zero attached hydrogens (tertiary/aromatic N) is 2. The summed E-state index contributed by atoms with van der Waals surface area (Å²) in [6.45, 7) is 2.50. The van der Waals surface area contributed by atoms with Crippen LogP contribution in [-0.2, 0) is 9.59 Å². The lowest BCUT2D eigenvalue weighted by molar-refractivity contribution is -0.123. The predicted molar refractivity (Wildman–Crippen MR) is 155 cm³/mol. The average molecular weight is 558 g/mol. The van der Waals surface area contributed by atoms with Crippen molar-refractivity contribution in [3.8, 4) is 11.8 Å². The molecular formula is C31H32FN5O4. The molecule has 5 N–H and O–H groups in total. The van der Waals surface area contributed by atoms with Crippen molar-refractivity contribution in [1.82, 2.24) is 10.2 Å². The maximum absolute atomic E-state index is 13.2. The van der Waals surface area contributed by atoms with Crippen molar-refractivity contribution in [3.05, 3.63) is 95.3 Å². The first kappa shape index (κ1) is 29.4. The molecule has 1 saturated heterocycles. The fraction of sp³-hybridized carbons (Fsp3) is 0.258. The van der Waals surface area contributed by atoms with Crippen LogP contribution in [0.25, 0.3) is 0 Å². The third-order valence-corrected chi connectivity index (χ3v) is 6.68. The van der Waals surface area contributed by atoms with Gasteiger partial charge in [-0.05, 0) is 72.8 Å². The van der Waals surface area contributed by atoms with E-state index in [1.165, 1.54) is 12.1 Å². The van der Waals surface area contributed by atoms with Gasteiger partial charge in [0.2, 0.25) is 5.91 Å². The zero-order chi connectivity index (χ0) is 29.2. The van der Waals surface area contributed by atoms with Gasteiger partial charge >= 0.3 is 0 Å². The highest BCUT2D eigenvalue weighted by atomic mass is 19.1. The second-order valence-electron chi connectivity index (χ2n) is 9.58. The van der Waals surface area contributed by atoms with Crippen molar-refractivity contribution in [2.75, 3.05) is 56.1 Å². The zero-order valence-electron chi connectivity index (χ0n) is 22.5. The summed E-state index contributed by atoms with van der Waals surface area (Å²) in [7, 11) is 0. The number of rotatable bonds is 9. The summed E-state index contributed by atoms with van der Waals surface area (Å²) < 4.78 is 13.2. The van der Waals surface area contributed by atoms with Gasteiger partial charge in [0.1, 0.15) is 18.5 Å². The number of anilines is 2. The summed E-state index contributed by atoms with van der Waals surface area (Å²) in [5.74, 6) is 4.72. The number of piperazine rings is 1. The summed E-state index contributed by atoms with van der Waals surface area (Å²) in [4.78, 5) is 40.8. The molecule has 0 aliphatic carbocycles. The van der Waals surface area contributed by atoms with E-state index in [1.807, 2.05) is 12.1 Å². The minimum absolute atomic E-state index is 0.0956. The number of carbonyl (C=O) groups excluding carboxylic acids is 3. The van der Waals surface area contributed by atoms with Crippen LogP contribution in [0.5, 0.6) is 0 Å². The third kappa shape index (κ3) is 8.46. The van der Waals surface area contributed by atoms with E-state index < -0.39 is 24.3 Å². The van der Waals surface area contributed by atoms with Gasteiger partial charge in [0.25, 0.3) is 5.91 Å². The summed E-state index contributed by atoms with van der Waals surface area (Å²) >= 11 is 0. The molecule has 212 valence electrons. The van der Waals surface area contributed by atoms with Crippen molar-refractivity contribution in [3.63, 3.8) is 0 Å². The highest BCUT2D eigenvalue weighted by molar-refractivity contribution is 5.98. The largest absolute Gasteiger partial charge is 0.388 e. The standard InChI is InChI=1S/C31H32FN5O4/c32-25-9-13-27(14-10-25)37-17-15-36(16-18-37)20-30(40)34-26-11-5-23(6-12-26)2-1-22-3-7-24(8-4-22)31(41)35-28(19-33)29(39)21-38/h3-14,28,38H,15-21,33H2,(H,34,40)(H,35,41)/t28-/m0/s1. The fourth-order valence-corrected chi connectivity index (χ4v) is 4.33. The van der Waals surface area contributed by atoms with Crippen molar-refractivity contribution in [1.29, 1.82) is 0 Å². The topological polar surface area (TPSA) is 128 Å². The zero-order valence-corrected chi connectivity index (χ0v) is 22.5. The number of aliphatic hydroxyl groups is 1. The molecule has 1 aliphatic rings. The van der Waals surface area contributed by atoms with E-state index in [1.54, 1.807) is 48.5 Å². The molecule has 41 heavy (non-hydrogen) atoms. The van der Waals surface area contributed by atoms with Gasteiger partial charge in [0.15, 0.2) is 5.78 Å². The van der Waals surface area contributed by atoms with E-state index in [0.717, 1.165) is 37.4 Å². The lowest BCUT2D eigenvalue weighted by Gasteiger charge is -2.35. The lowest BCUT2D eigenvalue weighted by Crippen LogP contribution is -2.48. The second kappa shape index (κ2) is 14.2.